The Kier molecular flexibility index (Phi) is 5.93. The highest BCUT2D eigenvalue weighted by molar-refractivity contribution is 8.93. The van der Waals surface area contributed by atoms with E-state index >= 15 is 0 Å². The number of hydrogen-bond acceptors (Lipinski definition) is 0. The normalized spacial score (nSPS) is 14.1. The van der Waals surface area contributed by atoms with Crippen molar-refractivity contribution in [1.82, 2.24) is 4.57 Å². The minimum absolute atomic E-state index is 0. The third kappa shape index (κ3) is 3.99. The van der Waals surface area contributed by atoms with Gasteiger partial charge in [0.25, 0.3) is 5.82 Å². The highest BCUT2D eigenvalue weighted by atomic mass is 79.9. The predicted octanol–water partition coefficient (Wildman–Crippen LogP) is 5.89. The molecule has 0 N–H and O–H groups in total. The average Bonchev–Trinajstić information content (AvgIpc) is 2.83. The Hall–Kier alpha value is -2.15. The maximum Gasteiger partial charge on any atom is 0.416 e. The molecule has 148 valence electrons. The van der Waals surface area contributed by atoms with Gasteiger partial charge < -0.3 is 0 Å². The molecule has 1 aromatic heterocycles. The van der Waals surface area contributed by atoms with Crippen LogP contribution in [-0.2, 0) is 19.1 Å². The lowest BCUT2D eigenvalue weighted by Gasteiger charge is -2.08. The smallest absolute Gasteiger partial charge is 0.227 e. The van der Waals surface area contributed by atoms with Crippen molar-refractivity contribution in [2.24, 2.45) is 0 Å². The van der Waals surface area contributed by atoms with Crippen LogP contribution in [0, 0.1) is 5.82 Å². The molecule has 0 bridgehead atoms. The third-order valence-electron chi connectivity index (χ3n) is 5.01. The first kappa shape index (κ1) is 20.6. The lowest BCUT2D eigenvalue weighted by Crippen LogP contribution is -2.38. The Morgan fingerprint density at radius 3 is 2.39 bits per heavy atom. The summed E-state index contributed by atoms with van der Waals surface area (Å²) in [6, 6.07) is 11.6. The molecule has 7 heteroatoms. The van der Waals surface area contributed by atoms with Gasteiger partial charge in [0.2, 0.25) is 0 Å². The Morgan fingerprint density at radius 1 is 0.929 bits per heavy atom. The van der Waals surface area contributed by atoms with Crippen LogP contribution in [0.15, 0.2) is 54.7 Å². The minimum atomic E-state index is -4.38. The Morgan fingerprint density at radius 2 is 1.68 bits per heavy atom. The van der Waals surface area contributed by atoms with Gasteiger partial charge in [0.05, 0.1) is 12.1 Å². The van der Waals surface area contributed by atoms with Crippen LogP contribution in [0.5, 0.6) is 0 Å². The number of hydrogen-bond donors (Lipinski definition) is 0. The van der Waals surface area contributed by atoms with Crippen molar-refractivity contribution in [1.29, 1.82) is 0 Å². The monoisotopic (exact) mass is 455 g/mol. The van der Waals surface area contributed by atoms with E-state index in [1.165, 1.54) is 24.3 Å². The molecule has 0 atom stereocenters. The van der Waals surface area contributed by atoms with Crippen LogP contribution >= 0.6 is 17.0 Å². The number of aromatic nitrogens is 2. The first-order valence-corrected chi connectivity index (χ1v) is 9.01. The number of halogens is 5. The van der Waals surface area contributed by atoms with Crippen LogP contribution in [-0.4, -0.2) is 4.57 Å². The summed E-state index contributed by atoms with van der Waals surface area (Å²) < 4.78 is 56.8. The zero-order valence-electron chi connectivity index (χ0n) is 15.0. The fourth-order valence-corrected chi connectivity index (χ4v) is 3.68. The van der Waals surface area contributed by atoms with Crippen molar-refractivity contribution in [3.8, 4) is 16.9 Å². The van der Waals surface area contributed by atoms with Crippen molar-refractivity contribution in [3.05, 3.63) is 71.9 Å². The van der Waals surface area contributed by atoms with Crippen LogP contribution in [0.2, 0.25) is 0 Å². The van der Waals surface area contributed by atoms with Crippen molar-refractivity contribution >= 4 is 17.0 Å². The summed E-state index contributed by atoms with van der Waals surface area (Å²) in [4.78, 5) is 0. The van der Waals surface area contributed by atoms with Crippen LogP contribution in [0.3, 0.4) is 0 Å². The molecule has 0 unspecified atom stereocenters. The fraction of sp³-hybridized carbons (Fsp3) is 0.286. The number of rotatable bonds is 2. The molecule has 4 rings (SSSR count). The third-order valence-corrected chi connectivity index (χ3v) is 5.01. The summed E-state index contributed by atoms with van der Waals surface area (Å²) in [7, 11) is 0. The van der Waals surface area contributed by atoms with Crippen LogP contribution in [0.25, 0.3) is 16.9 Å². The van der Waals surface area contributed by atoms with Crippen molar-refractivity contribution in [3.63, 3.8) is 0 Å². The lowest BCUT2D eigenvalue weighted by atomic mass is 10.1. The summed E-state index contributed by atoms with van der Waals surface area (Å²) in [5, 5.41) is 0. The molecule has 2 nitrogen and oxygen atoms in total. The topological polar surface area (TPSA) is 8.81 Å². The number of fused-ring (bicyclic) bond motifs is 1. The Balaban J connectivity index is 0.00000225. The van der Waals surface area contributed by atoms with E-state index in [9.17, 15) is 17.6 Å². The van der Waals surface area contributed by atoms with Crippen LogP contribution in [0.1, 0.15) is 30.7 Å². The zero-order chi connectivity index (χ0) is 19.0. The van der Waals surface area contributed by atoms with E-state index in [2.05, 4.69) is 4.57 Å². The molecular formula is C21H20BrF4N2+. The van der Waals surface area contributed by atoms with Crippen LogP contribution in [0.4, 0.5) is 17.6 Å². The van der Waals surface area contributed by atoms with E-state index in [0.29, 0.717) is 5.69 Å². The fourth-order valence-electron chi connectivity index (χ4n) is 3.68. The average molecular weight is 456 g/mol. The molecule has 2 heterocycles. The molecule has 1 aliphatic heterocycles. The second-order valence-corrected chi connectivity index (χ2v) is 6.82. The molecule has 2 aromatic carbocycles. The largest absolute Gasteiger partial charge is 0.416 e. The number of imidazole rings is 1. The number of nitrogens with zero attached hydrogens (tertiary/aromatic N) is 2. The molecule has 0 saturated heterocycles. The lowest BCUT2D eigenvalue weighted by molar-refractivity contribution is -0.692. The Labute approximate surface area is 171 Å². The maximum atomic E-state index is 13.3. The van der Waals surface area contributed by atoms with E-state index in [0.717, 1.165) is 55.4 Å². The molecule has 0 radical (unpaired) electrons. The van der Waals surface area contributed by atoms with E-state index in [-0.39, 0.29) is 22.8 Å². The highest BCUT2D eigenvalue weighted by Gasteiger charge is 2.32. The highest BCUT2D eigenvalue weighted by Crippen LogP contribution is 2.31. The van der Waals surface area contributed by atoms with Gasteiger partial charge in [0.15, 0.2) is 5.69 Å². The maximum absolute atomic E-state index is 13.3. The van der Waals surface area contributed by atoms with Gasteiger partial charge >= 0.3 is 6.18 Å². The molecule has 0 saturated carbocycles. The van der Waals surface area contributed by atoms with Crippen molar-refractivity contribution < 1.29 is 22.1 Å². The summed E-state index contributed by atoms with van der Waals surface area (Å²) >= 11 is 0. The summed E-state index contributed by atoms with van der Waals surface area (Å²) in [6.45, 7) is 0.800. The van der Waals surface area contributed by atoms with Gasteiger partial charge in [0, 0.05) is 12.0 Å². The number of benzene rings is 2. The molecule has 0 amide bonds. The van der Waals surface area contributed by atoms with Gasteiger partial charge in [-0.05, 0) is 61.7 Å². The van der Waals surface area contributed by atoms with Gasteiger partial charge in [-0.3, -0.25) is 0 Å². The molecule has 1 aliphatic rings. The first-order valence-electron chi connectivity index (χ1n) is 9.01. The Bertz CT molecular complexity index is 962. The van der Waals surface area contributed by atoms with Gasteiger partial charge in [-0.25, -0.2) is 8.96 Å². The van der Waals surface area contributed by atoms with Gasteiger partial charge in [-0.15, -0.1) is 17.0 Å². The van der Waals surface area contributed by atoms with Crippen LogP contribution < -0.4 is 4.57 Å². The SMILES string of the molecule is Br.Fc1ccc(-c2cn(-c3cccc(C(F)(F)F)c3)c3[n+]2CCCCC3)cc1. The molecule has 3 aromatic rings. The standard InChI is InChI=1S/C21H19F4N2.BrH/c22-17-10-8-15(9-11-17)19-14-27(20-7-2-1-3-12-26(19)20)18-6-4-5-16(13-18)21(23,24)25;/h4-6,8-11,13-14H,1-3,7,12H2;1H/q+1;. The molecule has 0 fully saturated rings. The second-order valence-electron chi connectivity index (χ2n) is 6.82. The van der Waals surface area contributed by atoms with Gasteiger partial charge in [0.1, 0.15) is 17.7 Å². The van der Waals surface area contributed by atoms with E-state index in [4.69, 9.17) is 0 Å². The predicted molar refractivity (Wildman–Crippen MR) is 104 cm³/mol. The molecule has 0 aliphatic carbocycles. The quantitative estimate of drug-likeness (QED) is 0.336. The van der Waals surface area contributed by atoms with Crippen molar-refractivity contribution in [2.45, 2.75) is 38.4 Å². The summed E-state index contributed by atoms with van der Waals surface area (Å²) in [5.74, 6) is 0.665. The molecular weight excluding hydrogens is 436 g/mol. The van der Waals surface area contributed by atoms with Crippen molar-refractivity contribution in [2.75, 3.05) is 0 Å². The van der Waals surface area contributed by atoms with E-state index < -0.39 is 11.7 Å². The summed E-state index contributed by atoms with van der Waals surface area (Å²) in [5.41, 5.74) is 1.57. The van der Waals surface area contributed by atoms with E-state index in [1.807, 2.05) is 10.8 Å². The van der Waals surface area contributed by atoms with Gasteiger partial charge in [-0.1, -0.05) is 6.07 Å². The minimum Gasteiger partial charge on any atom is -0.227 e. The molecule has 28 heavy (non-hydrogen) atoms. The van der Waals surface area contributed by atoms with Gasteiger partial charge in [-0.2, -0.15) is 17.7 Å². The molecule has 0 spiro atoms. The number of alkyl halides is 3. The summed E-state index contributed by atoms with van der Waals surface area (Å²) in [6.07, 6.45) is 1.35. The first-order chi connectivity index (χ1) is 12.9. The van der Waals surface area contributed by atoms with E-state index in [1.54, 1.807) is 18.2 Å². The second kappa shape index (κ2) is 8.07. The zero-order valence-corrected chi connectivity index (χ0v) is 16.8.